The van der Waals surface area contributed by atoms with E-state index in [4.69, 9.17) is 9.47 Å². The molecular formula is C25H30N6O2S. The van der Waals surface area contributed by atoms with Crippen LogP contribution in [0, 0.1) is 5.92 Å². The smallest absolute Gasteiger partial charge is 0.188 e. The maximum absolute atomic E-state index is 6.19. The first-order valence-electron chi connectivity index (χ1n) is 11.7. The molecule has 34 heavy (non-hydrogen) atoms. The van der Waals surface area contributed by atoms with E-state index < -0.39 is 0 Å². The molecule has 1 saturated heterocycles. The van der Waals surface area contributed by atoms with Crippen molar-refractivity contribution in [3.8, 4) is 5.75 Å². The summed E-state index contributed by atoms with van der Waals surface area (Å²) in [5, 5.41) is 13.0. The number of rotatable bonds is 9. The van der Waals surface area contributed by atoms with E-state index in [1.807, 2.05) is 24.4 Å². The molecule has 1 aromatic carbocycles. The molecule has 4 aromatic rings. The van der Waals surface area contributed by atoms with Gasteiger partial charge in [-0.25, -0.2) is 4.98 Å². The summed E-state index contributed by atoms with van der Waals surface area (Å²) >= 11 is 1.66. The topological polar surface area (TPSA) is 88.2 Å². The molecule has 178 valence electrons. The molecule has 5 rings (SSSR count). The Morgan fingerprint density at radius 3 is 2.88 bits per heavy atom. The molecule has 0 atom stereocenters. The van der Waals surface area contributed by atoms with Crippen molar-refractivity contribution < 1.29 is 9.47 Å². The molecule has 2 N–H and O–H groups in total. The van der Waals surface area contributed by atoms with E-state index >= 15 is 0 Å². The van der Waals surface area contributed by atoms with Crippen LogP contribution in [0.1, 0.15) is 30.0 Å². The number of benzene rings is 1. The lowest BCUT2D eigenvalue weighted by molar-refractivity contribution is 0.0346. The first-order valence-corrected chi connectivity index (χ1v) is 12.5. The van der Waals surface area contributed by atoms with Gasteiger partial charge in [0.05, 0.1) is 18.9 Å². The lowest BCUT2D eigenvalue weighted by Gasteiger charge is -2.25. The van der Waals surface area contributed by atoms with Gasteiger partial charge >= 0.3 is 0 Å². The molecule has 0 bridgehead atoms. The zero-order chi connectivity index (χ0) is 23.3. The molecule has 1 fully saturated rings. The minimum absolute atomic E-state index is 0.403. The molecule has 0 aliphatic carbocycles. The molecular weight excluding hydrogens is 448 g/mol. The zero-order valence-corrected chi connectivity index (χ0v) is 20.4. The van der Waals surface area contributed by atoms with Crippen LogP contribution in [0.3, 0.4) is 0 Å². The fourth-order valence-electron chi connectivity index (χ4n) is 4.10. The van der Waals surface area contributed by atoms with Gasteiger partial charge in [-0.1, -0.05) is 19.9 Å². The lowest BCUT2D eigenvalue weighted by atomic mass is 10.0. The van der Waals surface area contributed by atoms with Gasteiger partial charge in [-0.2, -0.15) is 5.10 Å². The number of anilines is 2. The second-order valence-electron chi connectivity index (χ2n) is 8.94. The summed E-state index contributed by atoms with van der Waals surface area (Å²) in [6.07, 6.45) is 4.69. The quantitative estimate of drug-likeness (QED) is 0.358. The number of nitrogens with zero attached hydrogens (tertiary/aromatic N) is 4. The number of morpholine rings is 1. The van der Waals surface area contributed by atoms with Crippen LogP contribution in [0.4, 0.5) is 10.9 Å². The molecule has 3 aromatic heterocycles. The van der Waals surface area contributed by atoms with Gasteiger partial charge in [0.2, 0.25) is 0 Å². The van der Waals surface area contributed by atoms with Crippen LogP contribution in [-0.2, 0) is 24.3 Å². The van der Waals surface area contributed by atoms with E-state index in [0.29, 0.717) is 12.5 Å². The van der Waals surface area contributed by atoms with Gasteiger partial charge in [-0.15, -0.1) is 11.3 Å². The molecule has 0 unspecified atom stereocenters. The van der Waals surface area contributed by atoms with Crippen molar-refractivity contribution >= 4 is 33.2 Å². The predicted molar refractivity (Wildman–Crippen MR) is 135 cm³/mol. The van der Waals surface area contributed by atoms with Crippen LogP contribution in [0.15, 0.2) is 42.7 Å². The average Bonchev–Trinajstić information content (AvgIpc) is 3.45. The number of nitrogens with one attached hydrogen (secondary N) is 2. The maximum atomic E-state index is 6.19. The molecule has 4 heterocycles. The molecule has 0 radical (unpaired) electrons. The monoisotopic (exact) mass is 478 g/mol. The minimum atomic E-state index is 0.403. The van der Waals surface area contributed by atoms with Gasteiger partial charge < -0.3 is 14.8 Å². The summed E-state index contributed by atoms with van der Waals surface area (Å²) in [6, 6.07) is 10.1. The van der Waals surface area contributed by atoms with Crippen molar-refractivity contribution in [1.29, 1.82) is 0 Å². The fraction of sp³-hybridized carbons (Fsp3) is 0.400. The van der Waals surface area contributed by atoms with Crippen molar-refractivity contribution in [3.05, 3.63) is 58.9 Å². The van der Waals surface area contributed by atoms with Gasteiger partial charge in [0.15, 0.2) is 10.9 Å². The highest BCUT2D eigenvalue weighted by Gasteiger charge is 2.16. The molecule has 0 saturated carbocycles. The van der Waals surface area contributed by atoms with Gasteiger partial charge in [0.25, 0.3) is 0 Å². The second-order valence-corrected chi connectivity index (χ2v) is 10.1. The Morgan fingerprint density at radius 1 is 1.21 bits per heavy atom. The van der Waals surface area contributed by atoms with E-state index in [0.717, 1.165) is 72.6 Å². The number of hydrogen-bond acceptors (Lipinski definition) is 8. The molecule has 0 spiro atoms. The number of pyridine rings is 1. The molecule has 0 amide bonds. The molecule has 9 heteroatoms. The fourth-order valence-corrected chi connectivity index (χ4v) is 4.95. The van der Waals surface area contributed by atoms with Gasteiger partial charge in [-0.3, -0.25) is 15.0 Å². The summed E-state index contributed by atoms with van der Waals surface area (Å²) in [4.78, 5) is 12.6. The van der Waals surface area contributed by atoms with Gasteiger partial charge in [-0.05, 0) is 42.2 Å². The Balaban J connectivity index is 1.37. The predicted octanol–water partition coefficient (Wildman–Crippen LogP) is 4.77. The van der Waals surface area contributed by atoms with Crippen LogP contribution in [0.2, 0.25) is 0 Å². The summed E-state index contributed by atoms with van der Waals surface area (Å²) in [5.74, 6) is 2.08. The van der Waals surface area contributed by atoms with Crippen LogP contribution >= 0.6 is 11.3 Å². The number of ether oxygens (including phenoxy) is 2. The number of aromatic amines is 1. The normalized spacial score (nSPS) is 14.7. The number of H-pyrrole nitrogens is 1. The van der Waals surface area contributed by atoms with Crippen molar-refractivity contribution in [2.45, 2.75) is 33.4 Å². The van der Waals surface area contributed by atoms with E-state index in [1.54, 1.807) is 17.5 Å². The number of thiazole rings is 1. The third kappa shape index (κ3) is 5.55. The summed E-state index contributed by atoms with van der Waals surface area (Å²) < 4.78 is 11.6. The Bertz CT molecular complexity index is 1220. The lowest BCUT2D eigenvalue weighted by Crippen LogP contribution is -2.35. The average molecular weight is 479 g/mol. The van der Waals surface area contributed by atoms with E-state index in [1.165, 1.54) is 10.4 Å². The SMILES string of the molecule is CC(C)Cc1cc(OCc2ccccn2)c2[nH]nc(Nc3ncc(CN4CCOCC4)s3)c2c1. The number of fused-ring (bicyclic) bond motifs is 1. The third-order valence-electron chi connectivity index (χ3n) is 5.70. The van der Waals surface area contributed by atoms with Crippen LogP contribution in [0.25, 0.3) is 10.9 Å². The summed E-state index contributed by atoms with van der Waals surface area (Å²) in [7, 11) is 0. The van der Waals surface area contributed by atoms with E-state index in [9.17, 15) is 0 Å². The third-order valence-corrected chi connectivity index (χ3v) is 6.60. The highest BCUT2D eigenvalue weighted by molar-refractivity contribution is 7.15. The second kappa shape index (κ2) is 10.5. The standard InChI is InChI=1S/C25H30N6O2S/c1-17(2)11-18-12-21-23(22(13-18)33-16-19-5-3-4-6-26-19)29-30-24(21)28-25-27-14-20(34-25)15-31-7-9-32-10-8-31/h3-6,12-14,17H,7-11,15-16H2,1-2H3,(H2,27,28,29,30). The zero-order valence-electron chi connectivity index (χ0n) is 19.6. The Labute approximate surface area is 203 Å². The Kier molecular flexibility index (Phi) is 7.03. The molecule has 1 aliphatic rings. The summed E-state index contributed by atoms with van der Waals surface area (Å²) in [5.41, 5.74) is 2.98. The van der Waals surface area contributed by atoms with Crippen molar-refractivity contribution in [2.75, 3.05) is 31.6 Å². The minimum Gasteiger partial charge on any atom is -0.485 e. The van der Waals surface area contributed by atoms with Crippen LogP contribution < -0.4 is 10.1 Å². The first-order chi connectivity index (χ1) is 16.6. The Morgan fingerprint density at radius 2 is 2.09 bits per heavy atom. The van der Waals surface area contributed by atoms with Crippen LogP contribution in [-0.4, -0.2) is 51.4 Å². The molecule has 1 aliphatic heterocycles. The van der Waals surface area contributed by atoms with Gasteiger partial charge in [0.1, 0.15) is 17.9 Å². The summed E-state index contributed by atoms with van der Waals surface area (Å²) in [6.45, 7) is 9.26. The van der Waals surface area contributed by atoms with E-state index in [2.05, 4.69) is 56.4 Å². The van der Waals surface area contributed by atoms with Gasteiger partial charge in [0, 0.05) is 42.3 Å². The highest BCUT2D eigenvalue weighted by Crippen LogP contribution is 2.34. The van der Waals surface area contributed by atoms with Crippen LogP contribution in [0.5, 0.6) is 5.75 Å². The number of hydrogen-bond donors (Lipinski definition) is 2. The Hall–Kier alpha value is -3.01. The highest BCUT2D eigenvalue weighted by atomic mass is 32.1. The largest absolute Gasteiger partial charge is 0.485 e. The maximum Gasteiger partial charge on any atom is 0.188 e. The first kappa shape index (κ1) is 22.8. The van der Waals surface area contributed by atoms with Crippen molar-refractivity contribution in [2.24, 2.45) is 5.92 Å². The molecule has 8 nitrogen and oxygen atoms in total. The number of aromatic nitrogens is 4. The van der Waals surface area contributed by atoms with E-state index in [-0.39, 0.29) is 0 Å². The van der Waals surface area contributed by atoms with Crippen molar-refractivity contribution in [1.82, 2.24) is 25.1 Å². The van der Waals surface area contributed by atoms with Crippen molar-refractivity contribution in [3.63, 3.8) is 0 Å².